The summed E-state index contributed by atoms with van der Waals surface area (Å²) in [5.41, 5.74) is 5.19. The van der Waals surface area contributed by atoms with E-state index in [1.165, 1.54) is 12.8 Å². The van der Waals surface area contributed by atoms with E-state index in [1.807, 2.05) is 6.92 Å². The molecule has 13 heavy (non-hydrogen) atoms. The molecule has 0 rings (SSSR count). The second-order valence-corrected chi connectivity index (χ2v) is 4.00. The third-order valence-corrected chi connectivity index (χ3v) is 2.01. The molecule has 3 heteroatoms. The zero-order valence-electron chi connectivity index (χ0n) is 8.97. The fraction of sp³-hybridized carbons (Fsp3) is 0.900. The van der Waals surface area contributed by atoms with Gasteiger partial charge in [-0.05, 0) is 19.3 Å². The Balaban J connectivity index is 3.40. The first-order chi connectivity index (χ1) is 6.06. The van der Waals surface area contributed by atoms with E-state index in [1.54, 1.807) is 0 Å². The third kappa shape index (κ3) is 7.78. The molecule has 0 radical (unpaired) electrons. The molecule has 0 aliphatic rings. The van der Waals surface area contributed by atoms with Crippen molar-refractivity contribution in [3.63, 3.8) is 0 Å². The number of hydrogen-bond acceptors (Lipinski definition) is 2. The maximum Gasteiger partial charge on any atom is 0.233 e. The van der Waals surface area contributed by atoms with Crippen LogP contribution in [0.2, 0.25) is 0 Å². The van der Waals surface area contributed by atoms with Gasteiger partial charge >= 0.3 is 0 Å². The number of rotatable bonds is 6. The molecule has 0 aliphatic carbocycles. The maximum atomic E-state index is 10.9. The smallest absolute Gasteiger partial charge is 0.233 e. The SMILES string of the molecule is CC(C)CCCC(C)NC(=O)CN. The summed E-state index contributed by atoms with van der Waals surface area (Å²) in [6.45, 7) is 6.54. The van der Waals surface area contributed by atoms with Crippen LogP contribution in [0.3, 0.4) is 0 Å². The van der Waals surface area contributed by atoms with Crippen molar-refractivity contribution in [3.8, 4) is 0 Å². The van der Waals surface area contributed by atoms with Crippen LogP contribution >= 0.6 is 0 Å². The van der Waals surface area contributed by atoms with Crippen molar-refractivity contribution in [1.29, 1.82) is 0 Å². The van der Waals surface area contributed by atoms with E-state index in [4.69, 9.17) is 5.73 Å². The quantitative estimate of drug-likeness (QED) is 0.656. The summed E-state index contributed by atoms with van der Waals surface area (Å²) < 4.78 is 0. The fourth-order valence-corrected chi connectivity index (χ4v) is 1.24. The van der Waals surface area contributed by atoms with E-state index >= 15 is 0 Å². The molecule has 1 unspecified atom stereocenters. The van der Waals surface area contributed by atoms with Crippen LogP contribution in [0.1, 0.15) is 40.0 Å². The lowest BCUT2D eigenvalue weighted by atomic mass is 10.0. The van der Waals surface area contributed by atoms with Crippen molar-refractivity contribution >= 4 is 5.91 Å². The first kappa shape index (κ1) is 12.4. The van der Waals surface area contributed by atoms with Crippen LogP contribution in [0.5, 0.6) is 0 Å². The largest absolute Gasteiger partial charge is 0.353 e. The third-order valence-electron chi connectivity index (χ3n) is 2.01. The first-order valence-corrected chi connectivity index (χ1v) is 5.05. The van der Waals surface area contributed by atoms with E-state index in [-0.39, 0.29) is 18.5 Å². The Morgan fingerprint density at radius 2 is 1.92 bits per heavy atom. The van der Waals surface area contributed by atoms with Gasteiger partial charge in [-0.3, -0.25) is 4.79 Å². The lowest BCUT2D eigenvalue weighted by Crippen LogP contribution is -2.36. The second-order valence-electron chi connectivity index (χ2n) is 4.00. The van der Waals surface area contributed by atoms with Crippen LogP contribution in [0.15, 0.2) is 0 Å². The Morgan fingerprint density at radius 3 is 2.38 bits per heavy atom. The molecule has 3 N–H and O–H groups in total. The van der Waals surface area contributed by atoms with Gasteiger partial charge in [0.05, 0.1) is 6.54 Å². The number of nitrogens with two attached hydrogens (primary N) is 1. The van der Waals surface area contributed by atoms with Gasteiger partial charge in [0.25, 0.3) is 0 Å². The number of nitrogens with one attached hydrogen (secondary N) is 1. The molecule has 0 heterocycles. The fourth-order valence-electron chi connectivity index (χ4n) is 1.24. The topological polar surface area (TPSA) is 55.1 Å². The lowest BCUT2D eigenvalue weighted by molar-refractivity contribution is -0.120. The van der Waals surface area contributed by atoms with Crippen LogP contribution < -0.4 is 11.1 Å². The molecular formula is C10H22N2O. The van der Waals surface area contributed by atoms with E-state index in [0.29, 0.717) is 0 Å². The van der Waals surface area contributed by atoms with Gasteiger partial charge in [-0.15, -0.1) is 0 Å². The minimum atomic E-state index is -0.0583. The molecule has 0 bridgehead atoms. The Labute approximate surface area is 81.1 Å². The minimum Gasteiger partial charge on any atom is -0.353 e. The summed E-state index contributed by atoms with van der Waals surface area (Å²) >= 11 is 0. The summed E-state index contributed by atoms with van der Waals surface area (Å²) in [5, 5.41) is 2.84. The van der Waals surface area contributed by atoms with Crippen LogP contribution in [0.4, 0.5) is 0 Å². The number of amides is 1. The van der Waals surface area contributed by atoms with Gasteiger partial charge in [0.1, 0.15) is 0 Å². The van der Waals surface area contributed by atoms with Crippen molar-refractivity contribution in [2.75, 3.05) is 6.54 Å². The van der Waals surface area contributed by atoms with Gasteiger partial charge in [0, 0.05) is 6.04 Å². The number of hydrogen-bond donors (Lipinski definition) is 2. The van der Waals surface area contributed by atoms with E-state index in [2.05, 4.69) is 19.2 Å². The molecule has 78 valence electrons. The molecule has 0 saturated carbocycles. The zero-order chi connectivity index (χ0) is 10.3. The molecule has 0 aliphatic heterocycles. The highest BCUT2D eigenvalue weighted by Gasteiger charge is 2.05. The Kier molecular flexibility index (Phi) is 6.59. The van der Waals surface area contributed by atoms with Crippen molar-refractivity contribution in [2.24, 2.45) is 11.7 Å². The van der Waals surface area contributed by atoms with Gasteiger partial charge < -0.3 is 11.1 Å². The van der Waals surface area contributed by atoms with Crippen LogP contribution in [0, 0.1) is 5.92 Å². The molecular weight excluding hydrogens is 164 g/mol. The van der Waals surface area contributed by atoms with Crippen molar-refractivity contribution < 1.29 is 4.79 Å². The van der Waals surface area contributed by atoms with Gasteiger partial charge in [-0.25, -0.2) is 0 Å². The molecule has 0 aromatic heterocycles. The molecule has 0 aromatic carbocycles. The molecule has 0 spiro atoms. The van der Waals surface area contributed by atoms with Gasteiger partial charge in [-0.1, -0.05) is 26.7 Å². The maximum absolute atomic E-state index is 10.9. The highest BCUT2D eigenvalue weighted by Crippen LogP contribution is 2.07. The van der Waals surface area contributed by atoms with Crippen LogP contribution in [0.25, 0.3) is 0 Å². The Hall–Kier alpha value is -0.570. The van der Waals surface area contributed by atoms with Gasteiger partial charge in [-0.2, -0.15) is 0 Å². The summed E-state index contributed by atoms with van der Waals surface area (Å²) in [7, 11) is 0. The molecule has 1 atom stereocenters. The summed E-state index contributed by atoms with van der Waals surface area (Å²) in [6, 6.07) is 0.259. The second kappa shape index (κ2) is 6.89. The highest BCUT2D eigenvalue weighted by molar-refractivity contribution is 5.77. The monoisotopic (exact) mass is 186 g/mol. The molecule has 0 aromatic rings. The van der Waals surface area contributed by atoms with Crippen LogP contribution in [-0.4, -0.2) is 18.5 Å². The molecule has 0 fully saturated rings. The van der Waals surface area contributed by atoms with Crippen molar-refractivity contribution in [2.45, 2.75) is 46.1 Å². The van der Waals surface area contributed by atoms with Gasteiger partial charge in [0.15, 0.2) is 0 Å². The predicted octanol–water partition coefficient (Wildman–Crippen LogP) is 1.28. The van der Waals surface area contributed by atoms with Crippen molar-refractivity contribution in [3.05, 3.63) is 0 Å². The average molecular weight is 186 g/mol. The summed E-state index contributed by atoms with van der Waals surface area (Å²) in [4.78, 5) is 10.9. The number of carbonyl (C=O) groups excluding carboxylic acids is 1. The molecule has 3 nitrogen and oxygen atoms in total. The summed E-state index contributed by atoms with van der Waals surface area (Å²) in [6.07, 6.45) is 3.44. The van der Waals surface area contributed by atoms with E-state index in [0.717, 1.165) is 12.3 Å². The highest BCUT2D eigenvalue weighted by atomic mass is 16.1. The predicted molar refractivity (Wildman–Crippen MR) is 55.3 cm³/mol. The molecule has 1 amide bonds. The summed E-state index contributed by atoms with van der Waals surface area (Å²) in [5.74, 6) is 0.689. The first-order valence-electron chi connectivity index (χ1n) is 5.05. The standard InChI is InChI=1S/C10H22N2O/c1-8(2)5-4-6-9(3)12-10(13)7-11/h8-9H,4-7,11H2,1-3H3,(H,12,13). The van der Waals surface area contributed by atoms with Crippen molar-refractivity contribution in [1.82, 2.24) is 5.32 Å². The van der Waals surface area contributed by atoms with E-state index < -0.39 is 0 Å². The molecule has 0 saturated heterocycles. The van der Waals surface area contributed by atoms with E-state index in [9.17, 15) is 4.79 Å². The minimum absolute atomic E-state index is 0.0583. The lowest BCUT2D eigenvalue weighted by Gasteiger charge is -2.13. The van der Waals surface area contributed by atoms with Gasteiger partial charge in [0.2, 0.25) is 5.91 Å². The zero-order valence-corrected chi connectivity index (χ0v) is 8.97. The number of carbonyl (C=O) groups is 1. The average Bonchev–Trinajstić information content (AvgIpc) is 2.03. The Morgan fingerprint density at radius 1 is 1.31 bits per heavy atom. The van der Waals surface area contributed by atoms with Crippen LogP contribution in [-0.2, 0) is 4.79 Å². The normalized spacial score (nSPS) is 13.0. The Bertz CT molecular complexity index is 146.